The third-order valence-corrected chi connectivity index (χ3v) is 19.0. The summed E-state index contributed by atoms with van der Waals surface area (Å²) in [5.41, 5.74) is 7.59. The Bertz CT molecular complexity index is 3800. The number of ether oxygens (including phenoxy) is 1. The van der Waals surface area contributed by atoms with Crippen LogP contribution in [0.25, 0.3) is 16.6 Å². The van der Waals surface area contributed by atoms with Gasteiger partial charge in [0.25, 0.3) is 27.5 Å². The molecule has 0 bridgehead atoms. The van der Waals surface area contributed by atoms with Crippen molar-refractivity contribution < 1.29 is 37.3 Å². The van der Waals surface area contributed by atoms with E-state index < -0.39 is 43.4 Å². The smallest absolute Gasteiger partial charge is 0.293 e. The van der Waals surface area contributed by atoms with Crippen LogP contribution in [-0.2, 0) is 26.2 Å². The van der Waals surface area contributed by atoms with Crippen LogP contribution in [-0.4, -0.2) is 127 Å². The molecule has 4 N–H and O–H groups in total. The molecule has 4 aliphatic heterocycles. The summed E-state index contributed by atoms with van der Waals surface area (Å²) < 4.78 is 36.5. The van der Waals surface area contributed by atoms with Crippen LogP contribution in [0.3, 0.4) is 0 Å². The highest BCUT2D eigenvalue weighted by Crippen LogP contribution is 2.44. The van der Waals surface area contributed by atoms with E-state index in [0.717, 1.165) is 130 Å². The quantitative estimate of drug-likeness (QED) is 0.0194. The Morgan fingerprint density at radius 1 is 0.895 bits per heavy atom. The number of allylic oxidation sites excluding steroid dienone is 1. The Kier molecular flexibility index (Phi) is 17.9. The van der Waals surface area contributed by atoms with Gasteiger partial charge in [0, 0.05) is 104 Å². The number of carbonyl (C=O) groups excluding carboxylic acids is 4. The molecule has 0 radical (unpaired) electrons. The minimum atomic E-state index is -4.62. The summed E-state index contributed by atoms with van der Waals surface area (Å²) in [4.78, 5) is 78.9. The predicted molar refractivity (Wildman–Crippen MR) is 331 cm³/mol. The Hall–Kier alpha value is -8.09. The van der Waals surface area contributed by atoms with Crippen molar-refractivity contribution in [3.05, 3.63) is 152 Å². The van der Waals surface area contributed by atoms with Crippen molar-refractivity contribution in [1.82, 2.24) is 34.7 Å². The monoisotopic (exact) mass is 1200 g/mol. The van der Waals surface area contributed by atoms with Crippen LogP contribution in [0, 0.1) is 33.3 Å². The molecule has 1 atom stereocenters. The molecule has 1 unspecified atom stereocenters. The van der Waals surface area contributed by atoms with E-state index in [1.54, 1.807) is 36.5 Å². The number of sulfonamides is 1. The summed E-state index contributed by atoms with van der Waals surface area (Å²) in [5.74, 6) is 5.20. The number of unbranched alkanes of at least 4 members (excludes halogenated alkanes) is 3. The molecule has 2 aromatic heterocycles. The average Bonchev–Trinajstić information content (AvgIpc) is 2.52. The van der Waals surface area contributed by atoms with Crippen LogP contribution < -0.4 is 25.0 Å². The first-order chi connectivity index (χ1) is 41.4. The largest absolute Gasteiger partial charge is 0.455 e. The number of pyridine rings is 1. The number of benzene rings is 4. The predicted octanol–water partition coefficient (Wildman–Crippen LogP) is 10.3. The number of hydrogen-bond acceptors (Lipinski definition) is 14. The van der Waals surface area contributed by atoms with Crippen molar-refractivity contribution in [2.24, 2.45) is 11.3 Å². The Morgan fingerprint density at radius 3 is 2.48 bits per heavy atom. The molecule has 6 heterocycles. The first-order valence-electron chi connectivity index (χ1n) is 29.7. The van der Waals surface area contributed by atoms with Crippen LogP contribution in [0.5, 0.6) is 11.5 Å². The molecule has 11 rings (SSSR count). The lowest BCUT2D eigenvalue weighted by Gasteiger charge is -2.39. The number of H-pyrrole nitrogens is 1. The second-order valence-corrected chi connectivity index (χ2v) is 26.1. The highest BCUT2D eigenvalue weighted by Gasteiger charge is 2.39. The SMILES string of the molecule is CC1(C)CCC(CN2CCN(c3ccc(C(=O)NS(=O)(=O)c4ccc(NCC5CCN(CCCCCC#Cc6ccc7c(c6)C(=O)N(C6CCC(=O)NC6=O)C7)CC5)c([N+](=O)[O-])c4)c(Oc4cnc5[nH]ccc5c4)c3)CC2)=C(c2ccc(Cl)cc2)C1. The van der Waals surface area contributed by atoms with Crippen LogP contribution in [0.15, 0.2) is 114 Å². The highest BCUT2D eigenvalue weighted by atomic mass is 35.5. The Labute approximate surface area is 506 Å². The molecule has 0 saturated carbocycles. The number of fused-ring (bicyclic) bond motifs is 2. The van der Waals surface area contributed by atoms with Crippen molar-refractivity contribution in [3.8, 4) is 23.3 Å². The van der Waals surface area contributed by atoms with Gasteiger partial charge in [-0.1, -0.05) is 67.5 Å². The van der Waals surface area contributed by atoms with Gasteiger partial charge in [-0.05, 0) is 160 Å². The van der Waals surface area contributed by atoms with E-state index in [1.807, 2.05) is 30.3 Å². The number of anilines is 2. The molecule has 6 aromatic rings. The zero-order valence-electron chi connectivity index (χ0n) is 48.5. The maximum Gasteiger partial charge on any atom is 0.293 e. The van der Waals surface area contributed by atoms with Gasteiger partial charge in [-0.25, -0.2) is 18.1 Å². The molecule has 5 aliphatic rings. The number of hydrogen-bond donors (Lipinski definition) is 4. The summed E-state index contributed by atoms with van der Waals surface area (Å²) in [5, 5.41) is 19.5. The number of piperidine rings is 2. The van der Waals surface area contributed by atoms with Gasteiger partial charge in [0.05, 0.1) is 21.6 Å². The van der Waals surface area contributed by atoms with E-state index in [0.29, 0.717) is 49.6 Å². The van der Waals surface area contributed by atoms with E-state index in [2.05, 4.69) is 77.8 Å². The summed E-state index contributed by atoms with van der Waals surface area (Å²) in [6, 6.07) is 25.4. The Morgan fingerprint density at radius 2 is 1.70 bits per heavy atom. The van der Waals surface area contributed by atoms with Crippen molar-refractivity contribution in [3.63, 3.8) is 0 Å². The fourth-order valence-corrected chi connectivity index (χ4v) is 13.5. The number of halogens is 1. The van der Waals surface area contributed by atoms with E-state index in [1.165, 1.54) is 39.9 Å². The second-order valence-electron chi connectivity index (χ2n) is 24.0. The van der Waals surface area contributed by atoms with Gasteiger partial charge >= 0.3 is 0 Å². The van der Waals surface area contributed by atoms with E-state index in [4.69, 9.17) is 16.3 Å². The van der Waals surface area contributed by atoms with Crippen LogP contribution in [0.1, 0.15) is 122 Å². The molecular formula is C65H71ClN10O9S. The molecule has 21 heteroatoms. The van der Waals surface area contributed by atoms with Crippen LogP contribution in [0.4, 0.5) is 17.1 Å². The number of imide groups is 1. The standard InChI is InChI=1S/C65H71ClN10O9S/c1-65(2)25-21-48(55(38-65)45-11-13-49(66)14-12-45)41-73-30-32-74(33-31-73)50-15-17-53(59(36-50)85-51-35-46-22-26-67-61(46)69-40-51)62(78)71-86(83,84)52-16-18-56(58(37-52)76(81)82)68-39-44-23-28-72(29-24-44)27-7-5-3-4-6-8-43-9-10-47-42-75(64(80)54(47)34-43)57-19-20-60(77)70-63(57)79/h9-18,22,26,34-37,40,44,57,68H,3-5,7,19-21,23-25,27-33,38-39,41-42H2,1-2H3,(H,67,69)(H,71,78)(H,70,77,79). The molecule has 1 aliphatic carbocycles. The second kappa shape index (κ2) is 25.9. The lowest BCUT2D eigenvalue weighted by molar-refractivity contribution is -0.384. The molecular weight excluding hydrogens is 1130 g/mol. The number of piperazine rings is 1. The fourth-order valence-electron chi connectivity index (χ4n) is 12.4. The number of carbonyl (C=O) groups is 4. The molecule has 4 amide bonds. The van der Waals surface area contributed by atoms with Crippen LogP contribution >= 0.6 is 11.6 Å². The average molecular weight is 1200 g/mol. The van der Waals surface area contributed by atoms with E-state index in [-0.39, 0.29) is 46.6 Å². The zero-order chi connectivity index (χ0) is 60.1. The summed E-state index contributed by atoms with van der Waals surface area (Å²) in [6.45, 7) is 12.1. The number of aromatic amines is 1. The molecule has 86 heavy (non-hydrogen) atoms. The number of nitrogens with zero attached hydrogens (tertiary/aromatic N) is 6. The van der Waals surface area contributed by atoms with Gasteiger partial charge in [-0.3, -0.25) is 39.5 Å². The zero-order valence-corrected chi connectivity index (χ0v) is 50.0. The lowest BCUT2D eigenvalue weighted by Crippen LogP contribution is -2.52. The number of nitro groups is 1. The first-order valence-corrected chi connectivity index (χ1v) is 31.6. The highest BCUT2D eigenvalue weighted by molar-refractivity contribution is 7.90. The molecule has 448 valence electrons. The molecule has 0 spiro atoms. The minimum absolute atomic E-state index is 0.0512. The summed E-state index contributed by atoms with van der Waals surface area (Å²) in [7, 11) is -4.62. The van der Waals surface area contributed by atoms with Gasteiger partial charge in [0.1, 0.15) is 28.9 Å². The maximum atomic E-state index is 14.2. The number of rotatable bonds is 19. The Balaban J connectivity index is 0.662. The number of aromatic nitrogens is 2. The van der Waals surface area contributed by atoms with Gasteiger partial charge in [-0.15, -0.1) is 0 Å². The molecule has 19 nitrogen and oxygen atoms in total. The van der Waals surface area contributed by atoms with Crippen molar-refractivity contribution in [2.45, 2.75) is 102 Å². The first kappa shape index (κ1) is 59.6. The topological polar surface area (TPSA) is 233 Å². The number of amides is 4. The van der Waals surface area contributed by atoms with E-state index >= 15 is 0 Å². The van der Waals surface area contributed by atoms with Gasteiger partial charge in [0.15, 0.2) is 0 Å². The fraction of sp³-hybridized carbons (Fsp3) is 0.400. The minimum Gasteiger partial charge on any atom is -0.455 e. The van der Waals surface area contributed by atoms with Gasteiger partial charge in [-0.2, -0.15) is 0 Å². The third-order valence-electron chi connectivity index (χ3n) is 17.4. The third kappa shape index (κ3) is 14.1. The van der Waals surface area contributed by atoms with Crippen molar-refractivity contribution >= 4 is 78.9 Å². The number of likely N-dealkylation sites (tertiary alicyclic amines) is 1. The molecule has 3 fully saturated rings. The lowest BCUT2D eigenvalue weighted by atomic mass is 9.72. The summed E-state index contributed by atoms with van der Waals surface area (Å²) in [6.07, 6.45) is 12.4. The molecule has 3 saturated heterocycles. The number of nitrogens with one attached hydrogen (secondary N) is 4. The van der Waals surface area contributed by atoms with Crippen molar-refractivity contribution in [2.75, 3.05) is 69.1 Å². The van der Waals surface area contributed by atoms with Crippen LogP contribution in [0.2, 0.25) is 5.02 Å². The summed E-state index contributed by atoms with van der Waals surface area (Å²) >= 11 is 6.27. The van der Waals surface area contributed by atoms with Crippen molar-refractivity contribution in [1.29, 1.82) is 0 Å². The van der Waals surface area contributed by atoms with E-state index in [9.17, 15) is 37.7 Å². The number of nitro benzene ring substituents is 1. The van der Waals surface area contributed by atoms with Gasteiger partial charge in [0.2, 0.25) is 11.8 Å². The van der Waals surface area contributed by atoms with Gasteiger partial charge < -0.3 is 29.7 Å². The normalized spacial score (nSPS) is 18.6. The molecule has 4 aromatic carbocycles. The maximum absolute atomic E-state index is 14.2.